The average molecular weight is 274 g/mol. The van der Waals surface area contributed by atoms with Crippen LogP contribution in [0.4, 0.5) is 4.79 Å². The van der Waals surface area contributed by atoms with Gasteiger partial charge in [-0.1, -0.05) is 0 Å². The zero-order valence-corrected chi connectivity index (χ0v) is 11.7. The van der Waals surface area contributed by atoms with Crippen molar-refractivity contribution in [2.45, 2.75) is 26.0 Å². The third-order valence-electron chi connectivity index (χ3n) is 3.02. The first-order valence-electron chi connectivity index (χ1n) is 6.36. The lowest BCUT2D eigenvalue weighted by molar-refractivity contribution is -0.154. The summed E-state index contributed by atoms with van der Waals surface area (Å²) >= 11 is 0. The van der Waals surface area contributed by atoms with Crippen LogP contribution in [-0.2, 0) is 14.3 Å². The van der Waals surface area contributed by atoms with Crippen LogP contribution in [0.1, 0.15) is 13.8 Å². The topological polar surface area (TPSA) is 79.3 Å². The predicted molar refractivity (Wildman–Crippen MR) is 68.1 cm³/mol. The molecule has 0 aliphatic carbocycles. The molecular weight excluding hydrogens is 252 g/mol. The summed E-state index contributed by atoms with van der Waals surface area (Å²) in [5, 5.41) is 8.93. The molecule has 1 rings (SSSR count). The fourth-order valence-electron chi connectivity index (χ4n) is 1.92. The number of nitrogens with zero attached hydrogens (tertiary/aromatic N) is 2. The van der Waals surface area contributed by atoms with Gasteiger partial charge in [-0.2, -0.15) is 0 Å². The van der Waals surface area contributed by atoms with Crippen molar-refractivity contribution < 1.29 is 24.2 Å². The summed E-state index contributed by atoms with van der Waals surface area (Å²) in [5.74, 6) is -1.04. The number of carbonyl (C=O) groups excluding carboxylic acids is 1. The van der Waals surface area contributed by atoms with Gasteiger partial charge in [0.25, 0.3) is 0 Å². The molecule has 0 spiro atoms. The number of hydrogen-bond donors (Lipinski definition) is 1. The van der Waals surface area contributed by atoms with Gasteiger partial charge in [0, 0.05) is 26.2 Å². The van der Waals surface area contributed by atoms with Gasteiger partial charge in [0.05, 0.1) is 19.8 Å². The zero-order chi connectivity index (χ0) is 14.4. The Hall–Kier alpha value is -1.34. The van der Waals surface area contributed by atoms with E-state index in [0.717, 1.165) is 0 Å². The molecule has 0 saturated carbocycles. The van der Waals surface area contributed by atoms with Crippen LogP contribution in [0.15, 0.2) is 0 Å². The van der Waals surface area contributed by atoms with Gasteiger partial charge >= 0.3 is 12.0 Å². The standard InChI is InChI=1S/C12H22N2O5/c1-9(2)14(5-6-18-3)12(17)13-4-7-19-10(8-13)11(15)16/h9-10H,4-8H2,1-3H3,(H,15,16). The number of amides is 2. The Morgan fingerprint density at radius 3 is 2.74 bits per heavy atom. The van der Waals surface area contributed by atoms with Gasteiger partial charge in [-0.25, -0.2) is 9.59 Å². The zero-order valence-electron chi connectivity index (χ0n) is 11.7. The minimum absolute atomic E-state index is 0.0359. The van der Waals surface area contributed by atoms with Crippen LogP contribution < -0.4 is 0 Å². The Morgan fingerprint density at radius 2 is 2.21 bits per heavy atom. The van der Waals surface area contributed by atoms with Gasteiger partial charge in [-0.15, -0.1) is 0 Å². The van der Waals surface area contributed by atoms with E-state index in [2.05, 4.69) is 0 Å². The Morgan fingerprint density at radius 1 is 1.53 bits per heavy atom. The van der Waals surface area contributed by atoms with Gasteiger partial charge in [-0.3, -0.25) is 0 Å². The molecule has 1 N–H and O–H groups in total. The van der Waals surface area contributed by atoms with Gasteiger partial charge in [0.1, 0.15) is 0 Å². The van der Waals surface area contributed by atoms with E-state index in [1.54, 1.807) is 12.0 Å². The maximum Gasteiger partial charge on any atom is 0.334 e. The molecule has 0 radical (unpaired) electrons. The number of carboxylic acid groups (broad SMARTS) is 1. The molecule has 7 heteroatoms. The van der Waals surface area contributed by atoms with Crippen LogP contribution in [0, 0.1) is 0 Å². The van der Waals surface area contributed by atoms with Crippen molar-refractivity contribution in [2.75, 3.05) is 40.0 Å². The van der Waals surface area contributed by atoms with Crippen molar-refractivity contribution in [3.8, 4) is 0 Å². The van der Waals surface area contributed by atoms with E-state index in [1.165, 1.54) is 4.90 Å². The molecule has 0 bridgehead atoms. The van der Waals surface area contributed by atoms with Crippen molar-refractivity contribution in [3.05, 3.63) is 0 Å². The van der Waals surface area contributed by atoms with E-state index in [-0.39, 0.29) is 25.2 Å². The lowest BCUT2D eigenvalue weighted by Crippen LogP contribution is -2.54. The van der Waals surface area contributed by atoms with Gasteiger partial charge < -0.3 is 24.4 Å². The summed E-state index contributed by atoms with van der Waals surface area (Å²) in [6.45, 7) is 5.53. The molecule has 1 heterocycles. The van der Waals surface area contributed by atoms with Crippen LogP contribution in [0.2, 0.25) is 0 Å². The molecular formula is C12H22N2O5. The van der Waals surface area contributed by atoms with Gasteiger partial charge in [0.15, 0.2) is 6.10 Å². The molecule has 1 atom stereocenters. The number of carbonyl (C=O) groups is 2. The number of methoxy groups -OCH3 is 1. The minimum Gasteiger partial charge on any atom is -0.479 e. The molecule has 1 unspecified atom stereocenters. The summed E-state index contributed by atoms with van der Waals surface area (Å²) in [6, 6.07) is -0.129. The average Bonchev–Trinajstić information content (AvgIpc) is 2.38. The highest BCUT2D eigenvalue weighted by Gasteiger charge is 2.31. The molecule has 0 aromatic carbocycles. The number of hydrogen-bond acceptors (Lipinski definition) is 4. The smallest absolute Gasteiger partial charge is 0.334 e. The summed E-state index contributed by atoms with van der Waals surface area (Å²) in [6.07, 6.45) is -0.936. The van der Waals surface area contributed by atoms with Crippen LogP contribution in [-0.4, -0.2) is 79.0 Å². The third-order valence-corrected chi connectivity index (χ3v) is 3.02. The maximum atomic E-state index is 12.4. The quantitative estimate of drug-likeness (QED) is 0.777. The van der Waals surface area contributed by atoms with E-state index < -0.39 is 12.1 Å². The molecule has 7 nitrogen and oxygen atoms in total. The van der Waals surface area contributed by atoms with Crippen LogP contribution >= 0.6 is 0 Å². The second-order valence-electron chi connectivity index (χ2n) is 4.71. The molecule has 0 aromatic heterocycles. The first-order chi connectivity index (χ1) is 8.97. The lowest BCUT2D eigenvalue weighted by atomic mass is 10.2. The highest BCUT2D eigenvalue weighted by molar-refractivity contribution is 5.77. The monoisotopic (exact) mass is 274 g/mol. The molecule has 19 heavy (non-hydrogen) atoms. The van der Waals surface area contributed by atoms with Crippen LogP contribution in [0.3, 0.4) is 0 Å². The minimum atomic E-state index is -1.04. The first-order valence-corrected chi connectivity index (χ1v) is 6.36. The van der Waals surface area contributed by atoms with Crippen molar-refractivity contribution in [2.24, 2.45) is 0 Å². The van der Waals surface area contributed by atoms with E-state index in [1.807, 2.05) is 13.8 Å². The number of rotatable bonds is 5. The van der Waals surface area contributed by atoms with Crippen molar-refractivity contribution in [3.63, 3.8) is 0 Å². The highest BCUT2D eigenvalue weighted by atomic mass is 16.5. The van der Waals surface area contributed by atoms with Crippen LogP contribution in [0.25, 0.3) is 0 Å². The summed E-state index contributed by atoms with van der Waals surface area (Å²) in [7, 11) is 1.58. The molecule has 1 aliphatic rings. The lowest BCUT2D eigenvalue weighted by Gasteiger charge is -2.36. The predicted octanol–water partition coefficient (Wildman–Crippen LogP) is 0.249. The number of morpholine rings is 1. The SMILES string of the molecule is COCCN(C(=O)N1CCOC(C(=O)O)C1)C(C)C. The van der Waals surface area contributed by atoms with Gasteiger partial charge in [-0.05, 0) is 13.8 Å². The third kappa shape index (κ3) is 4.36. The molecule has 1 saturated heterocycles. The summed E-state index contributed by atoms with van der Waals surface area (Å²) in [4.78, 5) is 26.5. The second kappa shape index (κ2) is 7.30. The summed E-state index contributed by atoms with van der Waals surface area (Å²) in [5.41, 5.74) is 0. The number of carboxylic acids is 1. The number of ether oxygens (including phenoxy) is 2. The second-order valence-corrected chi connectivity index (χ2v) is 4.71. The summed E-state index contributed by atoms with van der Waals surface area (Å²) < 4.78 is 10.1. The molecule has 0 aromatic rings. The van der Waals surface area contributed by atoms with E-state index in [4.69, 9.17) is 14.6 Å². The van der Waals surface area contributed by atoms with Crippen LogP contribution in [0.5, 0.6) is 0 Å². The maximum absolute atomic E-state index is 12.4. The molecule has 110 valence electrons. The molecule has 1 aliphatic heterocycles. The normalized spacial score (nSPS) is 19.6. The Balaban J connectivity index is 2.65. The fraction of sp³-hybridized carbons (Fsp3) is 0.833. The van der Waals surface area contributed by atoms with Gasteiger partial charge in [0.2, 0.25) is 0 Å². The Labute approximate surface area is 113 Å². The molecule has 1 fully saturated rings. The number of urea groups is 1. The highest BCUT2D eigenvalue weighted by Crippen LogP contribution is 2.11. The van der Waals surface area contributed by atoms with Crippen molar-refractivity contribution >= 4 is 12.0 Å². The van der Waals surface area contributed by atoms with Crippen molar-refractivity contribution in [1.82, 2.24) is 9.80 Å². The van der Waals surface area contributed by atoms with Crippen molar-refractivity contribution in [1.29, 1.82) is 0 Å². The Bertz CT molecular complexity index is 321. The Kier molecular flexibility index (Phi) is 6.04. The molecule has 2 amide bonds. The van der Waals surface area contributed by atoms with E-state index >= 15 is 0 Å². The fourth-order valence-corrected chi connectivity index (χ4v) is 1.92. The van der Waals surface area contributed by atoms with E-state index in [9.17, 15) is 9.59 Å². The largest absolute Gasteiger partial charge is 0.479 e. The van der Waals surface area contributed by atoms with E-state index in [0.29, 0.717) is 19.7 Å². The number of aliphatic carboxylic acids is 1. The first kappa shape index (κ1) is 15.7.